The van der Waals surface area contributed by atoms with Crippen molar-refractivity contribution >= 4 is 27.3 Å². The highest BCUT2D eigenvalue weighted by molar-refractivity contribution is 7.91. The second-order valence-corrected chi connectivity index (χ2v) is 10.0. The third kappa shape index (κ3) is 4.40. The summed E-state index contributed by atoms with van der Waals surface area (Å²) in [5.74, 6) is 1.07. The second kappa shape index (κ2) is 8.99. The predicted molar refractivity (Wildman–Crippen MR) is 116 cm³/mol. The minimum atomic E-state index is -3.66. The Kier molecular flexibility index (Phi) is 6.17. The molecule has 0 bridgehead atoms. The standard InChI is InChI=1S/C22H22N2O4S2/c25-22(19-11-6-14-24(19)30(26,27)21-13-7-15-29-21)23-16-17-8-4-5-12-20(17)28-18-9-2-1-3-10-18/h1-5,7-10,12-13,15,19H,6,11,14,16H2,(H,23,25)/t19-/m1/s1. The third-order valence-electron chi connectivity index (χ3n) is 4.96. The molecule has 1 atom stereocenters. The number of hydrogen-bond donors (Lipinski definition) is 1. The molecular formula is C22H22N2O4S2. The lowest BCUT2D eigenvalue weighted by Crippen LogP contribution is -2.45. The molecule has 1 aliphatic heterocycles. The molecule has 1 N–H and O–H groups in total. The van der Waals surface area contributed by atoms with Gasteiger partial charge in [0.2, 0.25) is 5.91 Å². The van der Waals surface area contributed by atoms with E-state index >= 15 is 0 Å². The summed E-state index contributed by atoms with van der Waals surface area (Å²) in [6, 6.07) is 19.5. The molecule has 8 heteroatoms. The van der Waals surface area contributed by atoms with E-state index < -0.39 is 16.1 Å². The summed E-state index contributed by atoms with van der Waals surface area (Å²) in [5, 5.41) is 4.62. The van der Waals surface area contributed by atoms with Crippen molar-refractivity contribution < 1.29 is 17.9 Å². The van der Waals surface area contributed by atoms with Crippen molar-refractivity contribution in [3.63, 3.8) is 0 Å². The van der Waals surface area contributed by atoms with Gasteiger partial charge in [-0.15, -0.1) is 11.3 Å². The van der Waals surface area contributed by atoms with Crippen LogP contribution in [0.5, 0.6) is 11.5 Å². The van der Waals surface area contributed by atoms with E-state index in [4.69, 9.17) is 4.74 Å². The number of ether oxygens (including phenoxy) is 1. The first kappa shape index (κ1) is 20.6. The Morgan fingerprint density at radius 1 is 1.07 bits per heavy atom. The summed E-state index contributed by atoms with van der Waals surface area (Å²) in [6.07, 6.45) is 1.18. The molecule has 3 aromatic rings. The summed E-state index contributed by atoms with van der Waals surface area (Å²) in [6.45, 7) is 0.608. The predicted octanol–water partition coefficient (Wildman–Crippen LogP) is 4.01. The molecule has 4 rings (SSSR count). The third-order valence-corrected chi connectivity index (χ3v) is 8.24. The van der Waals surface area contributed by atoms with E-state index in [-0.39, 0.29) is 16.7 Å². The second-order valence-electron chi connectivity index (χ2n) is 6.95. The molecule has 1 saturated heterocycles. The van der Waals surface area contributed by atoms with Crippen molar-refractivity contribution in [3.05, 3.63) is 77.7 Å². The van der Waals surface area contributed by atoms with Crippen molar-refractivity contribution in [1.82, 2.24) is 9.62 Å². The minimum Gasteiger partial charge on any atom is -0.457 e. The first-order valence-electron chi connectivity index (χ1n) is 9.69. The summed E-state index contributed by atoms with van der Waals surface area (Å²) in [5.41, 5.74) is 0.820. The van der Waals surface area contributed by atoms with Gasteiger partial charge < -0.3 is 10.1 Å². The van der Waals surface area contributed by atoms with Gasteiger partial charge in [-0.1, -0.05) is 42.5 Å². The first-order chi connectivity index (χ1) is 14.6. The van der Waals surface area contributed by atoms with Gasteiger partial charge in [-0.25, -0.2) is 8.42 Å². The van der Waals surface area contributed by atoms with Crippen molar-refractivity contribution in [3.8, 4) is 11.5 Å². The lowest BCUT2D eigenvalue weighted by Gasteiger charge is -2.23. The fourth-order valence-electron chi connectivity index (χ4n) is 3.48. The molecule has 0 saturated carbocycles. The number of thiophene rings is 1. The van der Waals surface area contributed by atoms with E-state index in [1.807, 2.05) is 54.6 Å². The Hall–Kier alpha value is -2.68. The van der Waals surface area contributed by atoms with Crippen LogP contribution in [0, 0.1) is 0 Å². The van der Waals surface area contributed by atoms with Crippen LogP contribution in [-0.2, 0) is 21.4 Å². The van der Waals surface area contributed by atoms with Gasteiger partial charge >= 0.3 is 0 Å². The molecule has 30 heavy (non-hydrogen) atoms. The fraction of sp³-hybridized carbons (Fsp3) is 0.227. The van der Waals surface area contributed by atoms with Gasteiger partial charge in [-0.05, 0) is 42.5 Å². The van der Waals surface area contributed by atoms with Gasteiger partial charge in [0, 0.05) is 18.7 Å². The van der Waals surface area contributed by atoms with Gasteiger partial charge in [0.15, 0.2) is 0 Å². The smallest absolute Gasteiger partial charge is 0.253 e. The lowest BCUT2D eigenvalue weighted by molar-refractivity contribution is -0.124. The molecule has 2 aromatic carbocycles. The highest BCUT2D eigenvalue weighted by Gasteiger charge is 2.39. The van der Waals surface area contributed by atoms with Crippen molar-refractivity contribution in [2.75, 3.05) is 6.54 Å². The molecule has 0 unspecified atom stereocenters. The van der Waals surface area contributed by atoms with Crippen LogP contribution in [0.2, 0.25) is 0 Å². The highest BCUT2D eigenvalue weighted by atomic mass is 32.2. The van der Waals surface area contributed by atoms with Crippen LogP contribution in [0.4, 0.5) is 0 Å². The largest absolute Gasteiger partial charge is 0.457 e. The quantitative estimate of drug-likeness (QED) is 0.600. The van der Waals surface area contributed by atoms with E-state index in [1.54, 1.807) is 17.5 Å². The van der Waals surface area contributed by atoms with Gasteiger partial charge in [0.1, 0.15) is 21.8 Å². The zero-order valence-electron chi connectivity index (χ0n) is 16.2. The average molecular weight is 443 g/mol. The average Bonchev–Trinajstić information content (AvgIpc) is 3.46. The topological polar surface area (TPSA) is 75.7 Å². The van der Waals surface area contributed by atoms with E-state index in [0.717, 1.165) is 5.56 Å². The Morgan fingerprint density at radius 3 is 2.60 bits per heavy atom. The van der Waals surface area contributed by atoms with Crippen LogP contribution in [0.1, 0.15) is 18.4 Å². The van der Waals surface area contributed by atoms with Crippen molar-refractivity contribution in [2.45, 2.75) is 29.6 Å². The van der Waals surface area contributed by atoms with E-state index in [9.17, 15) is 13.2 Å². The zero-order valence-corrected chi connectivity index (χ0v) is 17.9. The summed E-state index contributed by atoms with van der Waals surface area (Å²) in [7, 11) is -3.66. The zero-order chi connectivity index (χ0) is 21.0. The number of carbonyl (C=O) groups is 1. The summed E-state index contributed by atoms with van der Waals surface area (Å²) in [4.78, 5) is 12.9. The highest BCUT2D eigenvalue weighted by Crippen LogP contribution is 2.29. The summed E-state index contributed by atoms with van der Waals surface area (Å²) < 4.78 is 33.3. The lowest BCUT2D eigenvalue weighted by atomic mass is 10.1. The number of hydrogen-bond acceptors (Lipinski definition) is 5. The molecular weight excluding hydrogens is 420 g/mol. The van der Waals surface area contributed by atoms with Crippen molar-refractivity contribution in [1.29, 1.82) is 0 Å². The SMILES string of the molecule is O=C(NCc1ccccc1Oc1ccccc1)[C@H]1CCCN1S(=O)(=O)c1cccs1. The minimum absolute atomic E-state index is 0.255. The number of nitrogens with one attached hydrogen (secondary N) is 1. The number of para-hydroxylation sites is 2. The molecule has 1 aromatic heterocycles. The van der Waals surface area contributed by atoms with Crippen LogP contribution in [0.25, 0.3) is 0 Å². The van der Waals surface area contributed by atoms with Crippen LogP contribution in [0.15, 0.2) is 76.3 Å². The number of carbonyl (C=O) groups excluding carboxylic acids is 1. The van der Waals surface area contributed by atoms with Gasteiger partial charge in [-0.2, -0.15) is 4.31 Å². The van der Waals surface area contributed by atoms with Crippen LogP contribution < -0.4 is 10.1 Å². The molecule has 2 heterocycles. The molecule has 6 nitrogen and oxygen atoms in total. The number of nitrogens with zero attached hydrogens (tertiary/aromatic N) is 1. The number of sulfonamides is 1. The van der Waals surface area contributed by atoms with Crippen LogP contribution >= 0.6 is 11.3 Å². The first-order valence-corrected chi connectivity index (χ1v) is 12.0. The Bertz CT molecular complexity index is 1100. The molecule has 0 aliphatic carbocycles. The normalized spacial score (nSPS) is 17.0. The Balaban J connectivity index is 1.45. The van der Waals surface area contributed by atoms with E-state index in [0.29, 0.717) is 30.9 Å². The molecule has 1 fully saturated rings. The Labute approximate surface area is 180 Å². The maximum atomic E-state index is 12.9. The fourth-order valence-corrected chi connectivity index (χ4v) is 6.26. The van der Waals surface area contributed by atoms with Crippen LogP contribution in [-0.4, -0.2) is 31.2 Å². The maximum Gasteiger partial charge on any atom is 0.253 e. The summed E-state index contributed by atoms with van der Waals surface area (Å²) >= 11 is 1.17. The van der Waals surface area contributed by atoms with Gasteiger partial charge in [-0.3, -0.25) is 4.79 Å². The monoisotopic (exact) mass is 442 g/mol. The molecule has 0 spiro atoms. The molecule has 1 aliphatic rings. The van der Waals surface area contributed by atoms with E-state index in [2.05, 4.69) is 5.32 Å². The van der Waals surface area contributed by atoms with Crippen LogP contribution in [0.3, 0.4) is 0 Å². The number of benzene rings is 2. The number of amides is 1. The molecule has 1 amide bonds. The van der Waals surface area contributed by atoms with Gasteiger partial charge in [0.05, 0.1) is 0 Å². The Morgan fingerprint density at radius 2 is 1.83 bits per heavy atom. The maximum absolute atomic E-state index is 12.9. The molecule has 156 valence electrons. The van der Waals surface area contributed by atoms with E-state index in [1.165, 1.54) is 15.6 Å². The van der Waals surface area contributed by atoms with Crippen molar-refractivity contribution in [2.24, 2.45) is 0 Å². The van der Waals surface area contributed by atoms with Gasteiger partial charge in [0.25, 0.3) is 10.0 Å². The number of rotatable bonds is 7. The molecule has 0 radical (unpaired) electrons.